The lowest BCUT2D eigenvalue weighted by molar-refractivity contribution is 0.232. The van der Waals surface area contributed by atoms with E-state index < -0.39 is 15.3 Å². The molecule has 0 unspecified atom stereocenters. The van der Waals surface area contributed by atoms with Gasteiger partial charge in [-0.3, -0.25) is 4.72 Å². The highest BCUT2D eigenvalue weighted by Crippen LogP contribution is 2.33. The first kappa shape index (κ1) is 18.7. The first-order valence-electron chi connectivity index (χ1n) is 8.83. The molecule has 1 aliphatic rings. The van der Waals surface area contributed by atoms with E-state index in [4.69, 9.17) is 4.74 Å². The Balaban J connectivity index is 1.97. The van der Waals surface area contributed by atoms with Crippen LogP contribution in [-0.2, 0) is 21.2 Å². The zero-order valence-electron chi connectivity index (χ0n) is 15.1. The Labute approximate surface area is 154 Å². The predicted octanol–water partition coefficient (Wildman–Crippen LogP) is 3.45. The molecule has 26 heavy (non-hydrogen) atoms. The SMILES string of the molecule is COC1=CC[C@@H](S(=O)(=O)Nc2c(CCO)ccc3ccccc23)C[C@@H]1C. The molecule has 0 saturated heterocycles. The van der Waals surface area contributed by atoms with Gasteiger partial charge in [0.25, 0.3) is 0 Å². The molecule has 0 heterocycles. The third kappa shape index (κ3) is 3.71. The molecule has 0 saturated carbocycles. The molecule has 0 bridgehead atoms. The molecule has 0 fully saturated rings. The van der Waals surface area contributed by atoms with E-state index in [1.54, 1.807) is 7.11 Å². The Morgan fingerprint density at radius 1 is 1.23 bits per heavy atom. The average Bonchev–Trinajstić information content (AvgIpc) is 2.63. The molecule has 0 radical (unpaired) electrons. The van der Waals surface area contributed by atoms with Crippen LogP contribution in [0.5, 0.6) is 0 Å². The highest BCUT2D eigenvalue weighted by Gasteiger charge is 2.32. The van der Waals surface area contributed by atoms with Gasteiger partial charge in [-0.15, -0.1) is 0 Å². The highest BCUT2D eigenvalue weighted by atomic mass is 32.2. The molecule has 1 aliphatic carbocycles. The van der Waals surface area contributed by atoms with Crippen molar-refractivity contribution in [2.45, 2.75) is 31.4 Å². The van der Waals surface area contributed by atoms with Crippen molar-refractivity contribution >= 4 is 26.5 Å². The summed E-state index contributed by atoms with van der Waals surface area (Å²) in [5.41, 5.74) is 1.37. The number of methoxy groups -OCH3 is 1. The number of rotatable bonds is 6. The standard InChI is InChI=1S/C20H25NO4S/c1-14-13-17(9-10-19(14)25-2)26(23,24)21-20-16(11-12-22)8-7-15-5-3-4-6-18(15)20/h3-8,10,14,17,21-22H,9,11-13H2,1-2H3/t14-,17+/m0/s1. The van der Waals surface area contributed by atoms with E-state index in [0.29, 0.717) is 24.9 Å². The van der Waals surface area contributed by atoms with Crippen LogP contribution in [-0.4, -0.2) is 32.5 Å². The van der Waals surface area contributed by atoms with Gasteiger partial charge in [-0.05, 0) is 36.3 Å². The lowest BCUT2D eigenvalue weighted by Gasteiger charge is -2.27. The molecular formula is C20H25NO4S. The summed E-state index contributed by atoms with van der Waals surface area (Å²) in [6, 6.07) is 11.5. The van der Waals surface area contributed by atoms with Gasteiger partial charge < -0.3 is 9.84 Å². The smallest absolute Gasteiger partial charge is 0.235 e. The van der Waals surface area contributed by atoms with E-state index in [9.17, 15) is 13.5 Å². The summed E-state index contributed by atoms with van der Waals surface area (Å²) >= 11 is 0. The average molecular weight is 375 g/mol. The van der Waals surface area contributed by atoms with Gasteiger partial charge in [0.15, 0.2) is 0 Å². The van der Waals surface area contributed by atoms with Gasteiger partial charge in [-0.1, -0.05) is 43.3 Å². The van der Waals surface area contributed by atoms with Gasteiger partial charge in [0.05, 0.1) is 23.8 Å². The van der Waals surface area contributed by atoms with E-state index in [1.165, 1.54) is 0 Å². The number of anilines is 1. The van der Waals surface area contributed by atoms with Crippen LogP contribution in [0.25, 0.3) is 10.8 Å². The van der Waals surface area contributed by atoms with Crippen LogP contribution in [0.3, 0.4) is 0 Å². The summed E-state index contributed by atoms with van der Waals surface area (Å²) in [5, 5.41) is 10.7. The zero-order chi connectivity index (χ0) is 18.7. The van der Waals surface area contributed by atoms with Gasteiger partial charge in [0.1, 0.15) is 0 Å². The fraction of sp³-hybridized carbons (Fsp3) is 0.400. The van der Waals surface area contributed by atoms with Crippen LogP contribution < -0.4 is 4.72 Å². The van der Waals surface area contributed by atoms with Gasteiger partial charge in [0, 0.05) is 17.9 Å². The number of hydrogen-bond acceptors (Lipinski definition) is 4. The van der Waals surface area contributed by atoms with E-state index in [1.807, 2.05) is 49.4 Å². The molecule has 0 aliphatic heterocycles. The number of sulfonamides is 1. The molecule has 3 rings (SSSR count). The molecule has 0 spiro atoms. The molecule has 0 aromatic heterocycles. The molecule has 2 aromatic carbocycles. The first-order chi connectivity index (χ1) is 12.5. The minimum atomic E-state index is -3.56. The summed E-state index contributed by atoms with van der Waals surface area (Å²) in [6.07, 6.45) is 3.23. The van der Waals surface area contributed by atoms with Crippen LogP contribution in [0, 0.1) is 5.92 Å². The number of fused-ring (bicyclic) bond motifs is 1. The van der Waals surface area contributed by atoms with Crippen LogP contribution in [0.2, 0.25) is 0 Å². The Morgan fingerprint density at radius 2 is 2.00 bits per heavy atom. The molecule has 140 valence electrons. The Morgan fingerprint density at radius 3 is 2.69 bits per heavy atom. The minimum absolute atomic E-state index is 0.0343. The topological polar surface area (TPSA) is 75.6 Å². The van der Waals surface area contributed by atoms with E-state index in [2.05, 4.69) is 4.72 Å². The minimum Gasteiger partial charge on any atom is -0.501 e. The van der Waals surface area contributed by atoms with Crippen molar-refractivity contribution in [3.63, 3.8) is 0 Å². The van der Waals surface area contributed by atoms with Gasteiger partial charge in [-0.2, -0.15) is 0 Å². The van der Waals surface area contributed by atoms with Crippen molar-refractivity contribution in [2.75, 3.05) is 18.4 Å². The zero-order valence-corrected chi connectivity index (χ0v) is 15.9. The number of ether oxygens (including phenoxy) is 1. The maximum Gasteiger partial charge on any atom is 0.235 e. The predicted molar refractivity (Wildman–Crippen MR) is 105 cm³/mol. The molecule has 2 N–H and O–H groups in total. The third-order valence-corrected chi connectivity index (χ3v) is 6.75. The molecule has 5 nitrogen and oxygen atoms in total. The third-order valence-electron chi connectivity index (χ3n) is 5.00. The van der Waals surface area contributed by atoms with Crippen LogP contribution >= 0.6 is 0 Å². The lowest BCUT2D eigenvalue weighted by Crippen LogP contribution is -2.32. The number of aliphatic hydroxyl groups excluding tert-OH is 1. The molecule has 6 heteroatoms. The summed E-state index contributed by atoms with van der Waals surface area (Å²) in [7, 11) is -1.95. The second-order valence-corrected chi connectivity index (χ2v) is 8.71. The summed E-state index contributed by atoms with van der Waals surface area (Å²) in [4.78, 5) is 0. The second kappa shape index (κ2) is 7.68. The van der Waals surface area contributed by atoms with Crippen molar-refractivity contribution in [1.29, 1.82) is 0 Å². The summed E-state index contributed by atoms with van der Waals surface area (Å²) in [6.45, 7) is 1.94. The Hall–Kier alpha value is -2.05. The molecule has 2 atom stereocenters. The highest BCUT2D eigenvalue weighted by molar-refractivity contribution is 7.93. The van der Waals surface area contributed by atoms with Crippen molar-refractivity contribution in [3.05, 3.63) is 53.8 Å². The quantitative estimate of drug-likeness (QED) is 0.811. The van der Waals surface area contributed by atoms with Crippen LogP contribution in [0.15, 0.2) is 48.2 Å². The monoisotopic (exact) mass is 375 g/mol. The number of benzene rings is 2. The molecule has 2 aromatic rings. The maximum absolute atomic E-state index is 13.1. The fourth-order valence-electron chi connectivity index (χ4n) is 3.58. The molecule has 0 amide bonds. The summed E-state index contributed by atoms with van der Waals surface area (Å²) < 4.78 is 34.2. The lowest BCUT2D eigenvalue weighted by atomic mass is 9.95. The fourth-order valence-corrected chi connectivity index (χ4v) is 5.17. The Bertz CT molecular complexity index is 921. The number of allylic oxidation sites excluding steroid dienone is 2. The van der Waals surface area contributed by atoms with Crippen molar-refractivity contribution in [2.24, 2.45) is 5.92 Å². The van der Waals surface area contributed by atoms with Gasteiger partial charge in [-0.25, -0.2) is 8.42 Å². The van der Waals surface area contributed by atoms with Crippen molar-refractivity contribution in [1.82, 2.24) is 0 Å². The Kier molecular flexibility index (Phi) is 5.53. The first-order valence-corrected chi connectivity index (χ1v) is 10.4. The van der Waals surface area contributed by atoms with Crippen LogP contribution in [0.1, 0.15) is 25.3 Å². The number of hydrogen-bond donors (Lipinski definition) is 2. The maximum atomic E-state index is 13.1. The largest absolute Gasteiger partial charge is 0.501 e. The molecular weight excluding hydrogens is 350 g/mol. The number of aliphatic hydroxyl groups is 1. The normalized spacial score (nSPS) is 20.7. The van der Waals surface area contributed by atoms with E-state index in [-0.39, 0.29) is 12.5 Å². The van der Waals surface area contributed by atoms with Gasteiger partial charge in [0.2, 0.25) is 10.0 Å². The number of nitrogens with one attached hydrogen (secondary N) is 1. The van der Waals surface area contributed by atoms with Crippen molar-refractivity contribution < 1.29 is 18.3 Å². The van der Waals surface area contributed by atoms with Crippen molar-refractivity contribution in [3.8, 4) is 0 Å². The van der Waals surface area contributed by atoms with E-state index >= 15 is 0 Å². The van der Waals surface area contributed by atoms with Crippen LogP contribution in [0.4, 0.5) is 5.69 Å². The summed E-state index contributed by atoms with van der Waals surface area (Å²) in [5.74, 6) is 0.919. The van der Waals surface area contributed by atoms with Gasteiger partial charge >= 0.3 is 0 Å². The second-order valence-electron chi connectivity index (χ2n) is 6.75. The van der Waals surface area contributed by atoms with E-state index in [0.717, 1.165) is 22.1 Å².